The fourth-order valence-corrected chi connectivity index (χ4v) is 4.23. The summed E-state index contributed by atoms with van der Waals surface area (Å²) in [4.78, 5) is 12.2. The first-order valence-electron chi connectivity index (χ1n) is 10.4. The van der Waals surface area contributed by atoms with Crippen LogP contribution >= 0.6 is 39.3 Å². The largest absolute Gasteiger partial charge is 0.489 e. The fraction of sp³-hybridized carbons (Fsp3) is 0.348. The van der Waals surface area contributed by atoms with Crippen molar-refractivity contribution in [3.8, 4) is 5.75 Å². The fourth-order valence-electron chi connectivity index (χ4n) is 2.94. The minimum absolute atomic E-state index is 0.0513. The van der Waals surface area contributed by atoms with Crippen LogP contribution in [0.1, 0.15) is 37.7 Å². The highest BCUT2D eigenvalue weighted by Gasteiger charge is 2.16. The molecule has 2 aromatic carbocycles. The maximum absolute atomic E-state index is 12.2. The normalized spacial score (nSPS) is 11.3. The minimum atomic E-state index is -0.275. The molecule has 1 heterocycles. The Morgan fingerprint density at radius 2 is 1.91 bits per heavy atom. The monoisotopic (exact) mass is 551 g/mol. The maximum atomic E-state index is 12.2. The second-order valence-electron chi connectivity index (χ2n) is 8.45. The zero-order valence-electron chi connectivity index (χ0n) is 19.0. The van der Waals surface area contributed by atoms with E-state index in [-0.39, 0.29) is 17.2 Å². The molecule has 0 fully saturated rings. The average Bonchev–Trinajstić information content (AvgIpc) is 3.09. The van der Waals surface area contributed by atoms with Gasteiger partial charge < -0.3 is 15.5 Å². The number of amides is 1. The van der Waals surface area contributed by atoms with E-state index in [0.717, 1.165) is 21.3 Å². The van der Waals surface area contributed by atoms with Crippen LogP contribution in [0.5, 0.6) is 5.75 Å². The number of halogens is 2. The summed E-state index contributed by atoms with van der Waals surface area (Å²) in [5.41, 5.74) is 5.06. The van der Waals surface area contributed by atoms with Crippen LogP contribution in [0, 0.1) is 6.92 Å². The lowest BCUT2D eigenvalue weighted by molar-refractivity contribution is -0.119. The molecule has 0 bridgehead atoms. The van der Waals surface area contributed by atoms with Crippen molar-refractivity contribution in [1.82, 2.24) is 20.2 Å². The molecule has 0 spiro atoms. The SMILES string of the molecule is Cc1nnc(SCC(=O)NC(C)(C)C)n1NCc1cc(Br)ccc1OCc1ccc(Cl)cc1. The zero-order valence-corrected chi connectivity index (χ0v) is 22.1. The summed E-state index contributed by atoms with van der Waals surface area (Å²) < 4.78 is 8.81. The van der Waals surface area contributed by atoms with Crippen LogP contribution in [0.25, 0.3) is 0 Å². The first-order valence-corrected chi connectivity index (χ1v) is 12.5. The average molecular weight is 553 g/mol. The smallest absolute Gasteiger partial charge is 0.230 e. The highest BCUT2D eigenvalue weighted by molar-refractivity contribution is 9.10. The topological polar surface area (TPSA) is 81.1 Å². The predicted octanol–water partition coefficient (Wildman–Crippen LogP) is 5.33. The van der Waals surface area contributed by atoms with Gasteiger partial charge in [-0.15, -0.1) is 10.2 Å². The molecule has 0 saturated carbocycles. The van der Waals surface area contributed by atoms with Crippen LogP contribution in [0.15, 0.2) is 52.1 Å². The number of nitrogens with zero attached hydrogens (tertiary/aromatic N) is 3. The third kappa shape index (κ3) is 7.94. The van der Waals surface area contributed by atoms with Crippen molar-refractivity contribution in [2.75, 3.05) is 11.2 Å². The van der Waals surface area contributed by atoms with Crippen LogP contribution in [0.2, 0.25) is 5.02 Å². The number of carbonyl (C=O) groups excluding carboxylic acids is 1. The van der Waals surface area contributed by atoms with Crippen molar-refractivity contribution in [2.24, 2.45) is 0 Å². The quantitative estimate of drug-likeness (QED) is 0.349. The molecule has 0 aliphatic heterocycles. The molecule has 0 atom stereocenters. The molecule has 0 saturated heterocycles. The van der Waals surface area contributed by atoms with E-state index in [1.54, 1.807) is 4.68 Å². The highest BCUT2D eigenvalue weighted by atomic mass is 79.9. The van der Waals surface area contributed by atoms with E-state index < -0.39 is 0 Å². The van der Waals surface area contributed by atoms with Crippen molar-refractivity contribution in [3.63, 3.8) is 0 Å². The second kappa shape index (κ2) is 11.3. The van der Waals surface area contributed by atoms with Gasteiger partial charge in [0.2, 0.25) is 11.1 Å². The number of aromatic nitrogens is 3. The highest BCUT2D eigenvalue weighted by Crippen LogP contribution is 2.25. The number of aryl methyl sites for hydroxylation is 1. The molecule has 2 N–H and O–H groups in total. The summed E-state index contributed by atoms with van der Waals surface area (Å²) in [6.07, 6.45) is 0. The Labute approximate surface area is 211 Å². The molecule has 3 rings (SSSR count). The summed E-state index contributed by atoms with van der Waals surface area (Å²) in [6, 6.07) is 13.5. The van der Waals surface area contributed by atoms with Crippen molar-refractivity contribution < 1.29 is 9.53 Å². The number of thioether (sulfide) groups is 1. The van der Waals surface area contributed by atoms with Crippen LogP contribution in [-0.4, -0.2) is 32.1 Å². The summed E-state index contributed by atoms with van der Waals surface area (Å²) in [7, 11) is 0. The number of nitrogens with one attached hydrogen (secondary N) is 2. The number of rotatable bonds is 9. The molecular formula is C23H27BrClN5O2S. The van der Waals surface area contributed by atoms with Gasteiger partial charge in [-0.3, -0.25) is 4.79 Å². The molecule has 1 aromatic heterocycles. The molecule has 0 aliphatic carbocycles. The maximum Gasteiger partial charge on any atom is 0.230 e. The molecule has 0 aliphatic rings. The van der Waals surface area contributed by atoms with Crippen molar-refractivity contribution >= 4 is 45.2 Å². The Hall–Kier alpha value is -2.23. The lowest BCUT2D eigenvalue weighted by atomic mass is 10.1. The van der Waals surface area contributed by atoms with E-state index in [1.807, 2.05) is 70.2 Å². The second-order valence-corrected chi connectivity index (χ2v) is 10.7. The van der Waals surface area contributed by atoms with Gasteiger partial charge in [0.05, 0.1) is 12.3 Å². The first kappa shape index (κ1) is 25.4. The number of ether oxygens (including phenoxy) is 1. The van der Waals surface area contributed by atoms with Crippen LogP contribution in [-0.2, 0) is 17.9 Å². The Balaban J connectivity index is 1.66. The number of benzene rings is 2. The summed E-state index contributed by atoms with van der Waals surface area (Å²) in [5, 5.41) is 12.6. The molecule has 176 valence electrons. The van der Waals surface area contributed by atoms with E-state index in [1.165, 1.54) is 11.8 Å². The van der Waals surface area contributed by atoms with Gasteiger partial charge in [0, 0.05) is 20.6 Å². The van der Waals surface area contributed by atoms with Gasteiger partial charge in [-0.25, -0.2) is 4.68 Å². The molecule has 0 unspecified atom stereocenters. The number of hydrogen-bond donors (Lipinski definition) is 2. The van der Waals surface area contributed by atoms with Gasteiger partial charge >= 0.3 is 0 Å². The van der Waals surface area contributed by atoms with E-state index in [4.69, 9.17) is 16.3 Å². The van der Waals surface area contributed by atoms with Gasteiger partial charge in [0.15, 0.2) is 0 Å². The van der Waals surface area contributed by atoms with Crippen molar-refractivity contribution in [3.05, 3.63) is 68.9 Å². The van der Waals surface area contributed by atoms with Crippen molar-refractivity contribution in [2.45, 2.75) is 51.5 Å². The number of carbonyl (C=O) groups is 1. The molecule has 1 amide bonds. The third-order valence-electron chi connectivity index (χ3n) is 4.40. The van der Waals surface area contributed by atoms with Gasteiger partial charge in [0.25, 0.3) is 0 Å². The van der Waals surface area contributed by atoms with Crippen LogP contribution in [0.4, 0.5) is 0 Å². The van der Waals surface area contributed by atoms with E-state index >= 15 is 0 Å². The molecule has 3 aromatic rings. The molecule has 10 heteroatoms. The Morgan fingerprint density at radius 3 is 2.61 bits per heavy atom. The van der Waals surface area contributed by atoms with Crippen molar-refractivity contribution in [1.29, 1.82) is 0 Å². The van der Waals surface area contributed by atoms with E-state index in [2.05, 4.69) is 36.9 Å². The third-order valence-corrected chi connectivity index (χ3v) is 6.07. The van der Waals surface area contributed by atoms with E-state index in [0.29, 0.717) is 29.2 Å². The summed E-state index contributed by atoms with van der Waals surface area (Å²) in [5.74, 6) is 1.67. The summed E-state index contributed by atoms with van der Waals surface area (Å²) >= 11 is 10.8. The molecular weight excluding hydrogens is 526 g/mol. The van der Waals surface area contributed by atoms with Crippen LogP contribution in [0.3, 0.4) is 0 Å². The first-order chi connectivity index (χ1) is 15.6. The van der Waals surface area contributed by atoms with Gasteiger partial charge in [0.1, 0.15) is 18.2 Å². The van der Waals surface area contributed by atoms with Gasteiger partial charge in [-0.05, 0) is 63.6 Å². The molecule has 0 radical (unpaired) electrons. The van der Waals surface area contributed by atoms with Gasteiger partial charge in [-0.2, -0.15) is 0 Å². The Bertz CT molecular complexity index is 1100. The predicted molar refractivity (Wildman–Crippen MR) is 136 cm³/mol. The Kier molecular flexibility index (Phi) is 8.67. The lowest BCUT2D eigenvalue weighted by Crippen LogP contribution is -2.41. The standard InChI is InChI=1S/C23H27BrClN5O2S/c1-15-28-29-22(33-14-21(31)27-23(2,3)4)30(15)26-12-17-11-18(24)7-10-20(17)32-13-16-5-8-19(25)9-6-16/h5-11,26H,12-14H2,1-4H3,(H,27,31). The Morgan fingerprint density at radius 1 is 1.18 bits per heavy atom. The zero-order chi connectivity index (χ0) is 24.0. The summed E-state index contributed by atoms with van der Waals surface area (Å²) in [6.45, 7) is 8.63. The lowest BCUT2D eigenvalue weighted by Gasteiger charge is -2.20. The minimum Gasteiger partial charge on any atom is -0.489 e. The molecule has 33 heavy (non-hydrogen) atoms. The molecule has 7 nitrogen and oxygen atoms in total. The van der Waals surface area contributed by atoms with E-state index in [9.17, 15) is 4.79 Å². The van der Waals surface area contributed by atoms with Crippen LogP contribution < -0.4 is 15.5 Å². The van der Waals surface area contributed by atoms with Gasteiger partial charge in [-0.1, -0.05) is 51.4 Å². The number of hydrogen-bond acceptors (Lipinski definition) is 6.